The van der Waals surface area contributed by atoms with Crippen LogP contribution in [0.3, 0.4) is 0 Å². The third-order valence-electron chi connectivity index (χ3n) is 7.12. The molecule has 6 rings (SSSR count). The van der Waals surface area contributed by atoms with Gasteiger partial charge in [0.15, 0.2) is 17.3 Å². The molecular formula is C30H26N2O5. The molecule has 0 fully saturated rings. The first-order valence-electron chi connectivity index (χ1n) is 12.2. The third kappa shape index (κ3) is 3.83. The van der Waals surface area contributed by atoms with Crippen molar-refractivity contribution in [1.82, 2.24) is 0 Å². The van der Waals surface area contributed by atoms with Crippen LogP contribution in [0.2, 0.25) is 0 Å². The predicted octanol–water partition coefficient (Wildman–Crippen LogP) is 5.98. The van der Waals surface area contributed by atoms with Gasteiger partial charge in [0.1, 0.15) is 17.3 Å². The van der Waals surface area contributed by atoms with Crippen LogP contribution in [0, 0.1) is 5.41 Å². The standard InChI is InChI=1S/C30H26N2O5/c1-35-21-13-10-18(11-14-21)29(34)28-26(19-12-15-24-25(16-19)37-17-36-24)27-22(8-5-9-23(27)33)32(30(28)31)20-6-3-2-4-7-20/h2-4,6-7,10-16,26,31,34H,5,8-9,17H2,1H3/b29-28+,31-30?. The molecule has 0 spiro atoms. The number of ketones is 1. The predicted molar refractivity (Wildman–Crippen MR) is 140 cm³/mol. The summed E-state index contributed by atoms with van der Waals surface area (Å²) in [5.74, 6) is 1.35. The number of allylic oxidation sites excluding steroid dienone is 2. The maximum absolute atomic E-state index is 13.6. The van der Waals surface area contributed by atoms with Gasteiger partial charge in [0, 0.05) is 40.4 Å². The molecule has 7 heteroatoms. The number of methoxy groups -OCH3 is 1. The van der Waals surface area contributed by atoms with E-state index in [1.807, 2.05) is 53.4 Å². The number of hydrogen-bond acceptors (Lipinski definition) is 6. The van der Waals surface area contributed by atoms with E-state index in [-0.39, 0.29) is 24.2 Å². The Morgan fingerprint density at radius 1 is 1.00 bits per heavy atom. The Bertz CT molecular complexity index is 1460. The highest BCUT2D eigenvalue weighted by Crippen LogP contribution is 2.49. The molecule has 2 N–H and O–H groups in total. The molecule has 186 valence electrons. The number of fused-ring (bicyclic) bond motifs is 1. The first kappa shape index (κ1) is 22.9. The van der Waals surface area contributed by atoms with Crippen LogP contribution in [-0.2, 0) is 4.79 Å². The number of anilines is 1. The highest BCUT2D eigenvalue weighted by Gasteiger charge is 2.43. The molecule has 0 amide bonds. The quantitative estimate of drug-likeness (QED) is 0.434. The van der Waals surface area contributed by atoms with Gasteiger partial charge in [-0.05, 0) is 66.9 Å². The van der Waals surface area contributed by atoms with Crippen LogP contribution >= 0.6 is 0 Å². The van der Waals surface area contributed by atoms with Crippen LogP contribution in [0.4, 0.5) is 5.69 Å². The Balaban J connectivity index is 1.62. The number of nitrogens with one attached hydrogen (secondary N) is 1. The van der Waals surface area contributed by atoms with E-state index in [1.54, 1.807) is 31.4 Å². The molecule has 0 saturated heterocycles. The van der Waals surface area contributed by atoms with Crippen molar-refractivity contribution in [2.45, 2.75) is 25.2 Å². The Labute approximate surface area is 214 Å². The fraction of sp³-hybridized carbons (Fsp3) is 0.200. The lowest BCUT2D eigenvalue weighted by Crippen LogP contribution is -2.42. The summed E-state index contributed by atoms with van der Waals surface area (Å²) in [5, 5.41) is 21.1. The van der Waals surface area contributed by atoms with Crippen LogP contribution in [0.5, 0.6) is 17.2 Å². The topological polar surface area (TPSA) is 92.1 Å². The summed E-state index contributed by atoms with van der Waals surface area (Å²) in [6, 6.07) is 22.2. The van der Waals surface area contributed by atoms with Crippen molar-refractivity contribution in [2.24, 2.45) is 0 Å². The summed E-state index contributed by atoms with van der Waals surface area (Å²) in [6.45, 7) is 0.133. The summed E-state index contributed by atoms with van der Waals surface area (Å²) in [6.07, 6.45) is 1.80. The van der Waals surface area contributed by atoms with Gasteiger partial charge in [-0.15, -0.1) is 0 Å². The zero-order chi connectivity index (χ0) is 25.5. The van der Waals surface area contributed by atoms with Gasteiger partial charge in [0.25, 0.3) is 0 Å². The minimum atomic E-state index is -0.633. The number of carbonyl (C=O) groups is 1. The molecular weight excluding hydrogens is 468 g/mol. The second kappa shape index (κ2) is 9.17. The van der Waals surface area contributed by atoms with E-state index in [2.05, 4.69) is 0 Å². The Kier molecular flexibility index (Phi) is 5.68. The summed E-state index contributed by atoms with van der Waals surface area (Å²) in [7, 11) is 1.58. The molecule has 0 saturated carbocycles. The van der Waals surface area contributed by atoms with Crippen LogP contribution in [0.1, 0.15) is 36.3 Å². The van der Waals surface area contributed by atoms with Gasteiger partial charge in [0.2, 0.25) is 6.79 Å². The molecule has 1 atom stereocenters. The second-order valence-electron chi connectivity index (χ2n) is 9.19. The maximum Gasteiger partial charge on any atom is 0.231 e. The smallest absolute Gasteiger partial charge is 0.231 e. The molecule has 2 heterocycles. The Morgan fingerprint density at radius 2 is 1.76 bits per heavy atom. The molecule has 1 unspecified atom stereocenters. The molecule has 3 aromatic rings. The van der Waals surface area contributed by atoms with Gasteiger partial charge >= 0.3 is 0 Å². The third-order valence-corrected chi connectivity index (χ3v) is 7.12. The van der Waals surface area contributed by atoms with Crippen molar-refractivity contribution in [2.75, 3.05) is 18.8 Å². The van der Waals surface area contributed by atoms with Gasteiger partial charge in [-0.25, -0.2) is 0 Å². The maximum atomic E-state index is 13.6. The minimum absolute atomic E-state index is 0.0254. The number of aliphatic hydroxyl groups excluding tert-OH is 1. The number of carbonyl (C=O) groups excluding carboxylic acids is 1. The summed E-state index contributed by atoms with van der Waals surface area (Å²) < 4.78 is 16.4. The molecule has 1 aliphatic carbocycles. The number of nitrogens with zero attached hydrogens (tertiary/aromatic N) is 1. The van der Waals surface area contributed by atoms with E-state index in [9.17, 15) is 15.3 Å². The fourth-order valence-corrected chi connectivity index (χ4v) is 5.38. The number of amidine groups is 1. The summed E-state index contributed by atoms with van der Waals surface area (Å²) in [5.41, 5.74) is 3.85. The number of hydrogen-bond donors (Lipinski definition) is 2. The van der Waals surface area contributed by atoms with Crippen molar-refractivity contribution >= 4 is 23.1 Å². The largest absolute Gasteiger partial charge is 0.507 e. The molecule has 3 aromatic carbocycles. The van der Waals surface area contributed by atoms with Crippen molar-refractivity contribution in [3.05, 3.63) is 101 Å². The van der Waals surface area contributed by atoms with Gasteiger partial charge in [-0.3, -0.25) is 15.1 Å². The first-order chi connectivity index (χ1) is 18.1. The molecule has 7 nitrogen and oxygen atoms in total. The van der Waals surface area contributed by atoms with E-state index in [4.69, 9.17) is 14.2 Å². The van der Waals surface area contributed by atoms with E-state index in [0.717, 1.165) is 16.9 Å². The average molecular weight is 495 g/mol. The lowest BCUT2D eigenvalue weighted by atomic mass is 9.73. The van der Waals surface area contributed by atoms with Gasteiger partial charge < -0.3 is 19.3 Å². The number of Topliss-reactive ketones (excluding diaryl/α,β-unsaturated/α-hetero) is 1. The highest BCUT2D eigenvalue weighted by atomic mass is 16.7. The Hall–Kier alpha value is -4.52. The fourth-order valence-electron chi connectivity index (χ4n) is 5.38. The average Bonchev–Trinajstić information content (AvgIpc) is 3.41. The zero-order valence-electron chi connectivity index (χ0n) is 20.4. The Morgan fingerprint density at radius 3 is 2.51 bits per heavy atom. The van der Waals surface area contributed by atoms with Crippen LogP contribution < -0.4 is 19.1 Å². The second-order valence-corrected chi connectivity index (χ2v) is 9.19. The van der Waals surface area contributed by atoms with Crippen molar-refractivity contribution in [3.63, 3.8) is 0 Å². The van der Waals surface area contributed by atoms with Crippen LogP contribution in [0.25, 0.3) is 5.76 Å². The highest BCUT2D eigenvalue weighted by molar-refractivity contribution is 6.19. The normalized spacial score (nSPS) is 20.1. The zero-order valence-corrected chi connectivity index (χ0v) is 20.4. The van der Waals surface area contributed by atoms with Crippen LogP contribution in [0.15, 0.2) is 89.6 Å². The van der Waals surface area contributed by atoms with E-state index in [0.29, 0.717) is 53.2 Å². The number of benzene rings is 3. The van der Waals surface area contributed by atoms with Crippen molar-refractivity contribution in [1.29, 1.82) is 5.41 Å². The number of para-hydroxylation sites is 1. The lowest BCUT2D eigenvalue weighted by Gasteiger charge is -2.41. The summed E-state index contributed by atoms with van der Waals surface area (Å²) >= 11 is 0. The SMILES string of the molecule is COc1ccc(/C(O)=C2\C(=N)N(c3ccccc3)C3=C(C(=O)CCC3)C2c2ccc3c(c2)OCO3)cc1. The lowest BCUT2D eigenvalue weighted by molar-refractivity contribution is -0.116. The van der Waals surface area contributed by atoms with Gasteiger partial charge in [-0.2, -0.15) is 0 Å². The van der Waals surface area contributed by atoms with E-state index < -0.39 is 5.92 Å². The molecule has 0 radical (unpaired) electrons. The van der Waals surface area contributed by atoms with Crippen molar-refractivity contribution < 1.29 is 24.1 Å². The molecule has 3 aliphatic rings. The van der Waals surface area contributed by atoms with Gasteiger partial charge in [0.05, 0.1) is 7.11 Å². The molecule has 0 bridgehead atoms. The monoisotopic (exact) mass is 494 g/mol. The number of ether oxygens (including phenoxy) is 3. The minimum Gasteiger partial charge on any atom is -0.507 e. The van der Waals surface area contributed by atoms with E-state index in [1.165, 1.54) is 0 Å². The van der Waals surface area contributed by atoms with Crippen molar-refractivity contribution in [3.8, 4) is 17.2 Å². The first-order valence-corrected chi connectivity index (χ1v) is 12.2. The van der Waals surface area contributed by atoms with E-state index >= 15 is 0 Å². The molecule has 0 aromatic heterocycles. The number of rotatable bonds is 4. The number of aliphatic hydroxyl groups is 1. The molecule has 2 aliphatic heterocycles. The van der Waals surface area contributed by atoms with Crippen LogP contribution in [-0.4, -0.2) is 30.6 Å². The summed E-state index contributed by atoms with van der Waals surface area (Å²) in [4.78, 5) is 15.4. The van der Waals surface area contributed by atoms with Gasteiger partial charge in [-0.1, -0.05) is 24.3 Å². The molecule has 37 heavy (non-hydrogen) atoms.